The van der Waals surface area contributed by atoms with E-state index in [4.69, 9.17) is 9.47 Å². The van der Waals surface area contributed by atoms with Crippen molar-refractivity contribution in [2.24, 2.45) is 0 Å². The lowest BCUT2D eigenvalue weighted by Crippen LogP contribution is -2.34. The molecule has 2 atom stereocenters. The molecule has 2 fully saturated rings. The number of aryl methyl sites for hydroxylation is 4. The first-order valence-corrected chi connectivity index (χ1v) is 28.3. The normalized spacial score (nSPS) is 15.3. The maximum Gasteiger partial charge on any atom is 0.416 e. The number of aromatic nitrogens is 6. The molecular formula is C64H64F8N12O4. The summed E-state index contributed by atoms with van der Waals surface area (Å²) in [4.78, 5) is 61.0. The number of amides is 2. The molecule has 0 aliphatic carbocycles. The molecule has 2 amide bonds. The van der Waals surface area contributed by atoms with Crippen LogP contribution in [0.25, 0.3) is 22.5 Å². The average molecular weight is 1220 g/mol. The third kappa shape index (κ3) is 14.8. The minimum absolute atomic E-state index is 0.0272. The van der Waals surface area contributed by atoms with Crippen LogP contribution in [0.15, 0.2) is 122 Å². The predicted molar refractivity (Wildman–Crippen MR) is 319 cm³/mol. The molecule has 10 rings (SSSR count). The van der Waals surface area contributed by atoms with Crippen molar-refractivity contribution in [1.82, 2.24) is 39.7 Å². The Hall–Kier alpha value is -9.16. The molecule has 4 aromatic heterocycles. The average Bonchev–Trinajstić information content (AvgIpc) is 3.21. The summed E-state index contributed by atoms with van der Waals surface area (Å²) in [5, 5.41) is 5.07. The van der Waals surface area contributed by atoms with E-state index in [2.05, 4.69) is 50.3 Å². The zero-order valence-electron chi connectivity index (χ0n) is 49.5. The molecule has 0 bridgehead atoms. The first-order valence-electron chi connectivity index (χ1n) is 28.3. The number of rotatable bonds is 16. The molecule has 0 spiro atoms. The van der Waals surface area contributed by atoms with Crippen molar-refractivity contribution in [2.45, 2.75) is 77.8 Å². The molecule has 16 nitrogen and oxygen atoms in total. The fraction of sp³-hybridized carbons (Fsp3) is 0.312. The quantitative estimate of drug-likeness (QED) is 0.0877. The SMILES string of the molecule is CCc1nccc(-c2cccnc2Oc2cc(C(=O)Nc3cc(C(F)(F)F)ccc3N(C)[C@@H]3CCN(C)C3)c(F)cc2C)n1.CCc1nccc(-c2cccnc2Oc2cc(C(=O)Nc3cc(C(F)(F)F)ccc3N(C)[C@H]3CCN(C)C3)c(F)cc2C)n1. The minimum atomic E-state index is -4.64. The van der Waals surface area contributed by atoms with Crippen molar-refractivity contribution < 1.29 is 54.2 Å². The summed E-state index contributed by atoms with van der Waals surface area (Å²) >= 11 is 0. The summed E-state index contributed by atoms with van der Waals surface area (Å²) in [6.45, 7) is 10.2. The number of benzene rings is 4. The van der Waals surface area contributed by atoms with Gasteiger partial charge in [0.1, 0.15) is 34.8 Å². The van der Waals surface area contributed by atoms with Gasteiger partial charge in [0, 0.05) is 76.9 Å². The predicted octanol–water partition coefficient (Wildman–Crippen LogP) is 13.5. The maximum absolute atomic E-state index is 15.2. The first kappa shape index (κ1) is 63.3. The molecule has 8 aromatic rings. The molecule has 2 saturated heterocycles. The van der Waals surface area contributed by atoms with Gasteiger partial charge < -0.3 is 39.7 Å². The van der Waals surface area contributed by atoms with Crippen LogP contribution in [0.2, 0.25) is 0 Å². The standard InChI is InChI=1S/2C32H32F4N6O2/c2*1-5-29-37-13-10-25(39-29)22-7-6-12-38-31(22)44-28-17-23(24(33)15-19(28)2)30(43)40-26-16-20(32(34,35)36)8-9-27(26)42(4)21-11-14-41(3)18-21/h2*6-10,12-13,15-17,21H,5,11,14,18H2,1-4H3,(H,40,43)/t2*21-/m10/s1. The summed E-state index contributed by atoms with van der Waals surface area (Å²) in [5.74, 6) is -1.62. The number of carbonyl (C=O) groups excluding carboxylic acids is 2. The highest BCUT2D eigenvalue weighted by molar-refractivity contribution is 6.07. The molecule has 2 N–H and O–H groups in total. The fourth-order valence-electron chi connectivity index (χ4n) is 10.3. The van der Waals surface area contributed by atoms with E-state index in [9.17, 15) is 35.9 Å². The number of halogens is 8. The van der Waals surface area contributed by atoms with Gasteiger partial charge in [-0.1, -0.05) is 13.8 Å². The van der Waals surface area contributed by atoms with E-state index in [1.807, 2.05) is 37.7 Å². The number of hydrogen-bond acceptors (Lipinski definition) is 14. The lowest BCUT2D eigenvalue weighted by Gasteiger charge is -2.29. The molecule has 0 radical (unpaired) electrons. The van der Waals surface area contributed by atoms with E-state index in [0.29, 0.717) is 82.6 Å². The van der Waals surface area contributed by atoms with Gasteiger partial charge in [0.25, 0.3) is 11.8 Å². The smallest absolute Gasteiger partial charge is 0.416 e. The number of nitrogens with one attached hydrogen (secondary N) is 2. The van der Waals surface area contributed by atoms with Crippen molar-refractivity contribution in [2.75, 3.05) is 74.8 Å². The van der Waals surface area contributed by atoms with Gasteiger partial charge in [-0.15, -0.1) is 0 Å². The molecule has 24 heteroatoms. The topological polar surface area (TPSA) is 167 Å². The number of hydrogen-bond donors (Lipinski definition) is 2. The van der Waals surface area contributed by atoms with Crippen LogP contribution in [0.5, 0.6) is 23.3 Å². The lowest BCUT2D eigenvalue weighted by atomic mass is 10.1. The van der Waals surface area contributed by atoms with Crippen LogP contribution in [0.4, 0.5) is 57.9 Å². The number of ether oxygens (including phenoxy) is 2. The van der Waals surface area contributed by atoms with Crippen LogP contribution < -0.4 is 29.9 Å². The first-order chi connectivity index (χ1) is 41.9. The number of likely N-dealkylation sites (tertiary alicyclic amines) is 2. The Bertz CT molecular complexity index is 3600. The van der Waals surface area contributed by atoms with Gasteiger partial charge in [-0.05, 0) is 162 Å². The highest BCUT2D eigenvalue weighted by atomic mass is 19.4. The van der Waals surface area contributed by atoms with Crippen LogP contribution in [0, 0.1) is 25.5 Å². The largest absolute Gasteiger partial charge is 0.438 e. The Kier molecular flexibility index (Phi) is 19.3. The van der Waals surface area contributed by atoms with Crippen molar-refractivity contribution >= 4 is 34.6 Å². The Morgan fingerprint density at radius 2 is 0.966 bits per heavy atom. The summed E-state index contributed by atoms with van der Waals surface area (Å²) < 4.78 is 125. The van der Waals surface area contributed by atoms with Crippen LogP contribution in [-0.4, -0.2) is 118 Å². The molecule has 0 saturated carbocycles. The summed E-state index contributed by atoms with van der Waals surface area (Å²) in [6.07, 6.45) is -0.0891. The molecule has 2 aliphatic rings. The Balaban J connectivity index is 0.000000209. The molecule has 0 unspecified atom stereocenters. The van der Waals surface area contributed by atoms with Crippen molar-refractivity contribution in [3.8, 4) is 45.8 Å². The minimum Gasteiger partial charge on any atom is -0.438 e. The van der Waals surface area contributed by atoms with Crippen molar-refractivity contribution in [1.29, 1.82) is 0 Å². The van der Waals surface area contributed by atoms with Crippen molar-refractivity contribution in [3.05, 3.63) is 179 Å². The zero-order chi connectivity index (χ0) is 63.2. The van der Waals surface area contributed by atoms with Crippen LogP contribution in [-0.2, 0) is 25.2 Å². The number of pyridine rings is 2. The van der Waals surface area contributed by atoms with E-state index in [-0.39, 0.29) is 46.7 Å². The second kappa shape index (κ2) is 26.8. The van der Waals surface area contributed by atoms with E-state index < -0.39 is 58.1 Å². The van der Waals surface area contributed by atoms with Crippen LogP contribution >= 0.6 is 0 Å². The second-order valence-electron chi connectivity index (χ2n) is 21.5. The fourth-order valence-corrected chi connectivity index (χ4v) is 10.3. The van der Waals surface area contributed by atoms with E-state index in [0.717, 1.165) is 62.3 Å². The lowest BCUT2D eigenvalue weighted by molar-refractivity contribution is -0.138. The van der Waals surface area contributed by atoms with Crippen LogP contribution in [0.3, 0.4) is 0 Å². The molecule has 6 heterocycles. The highest BCUT2D eigenvalue weighted by Gasteiger charge is 2.35. The monoisotopic (exact) mass is 1220 g/mol. The molecule has 460 valence electrons. The van der Waals surface area contributed by atoms with Gasteiger partial charge >= 0.3 is 12.4 Å². The van der Waals surface area contributed by atoms with E-state index in [1.165, 1.54) is 36.7 Å². The number of anilines is 4. The van der Waals surface area contributed by atoms with Gasteiger partial charge in [0.15, 0.2) is 0 Å². The number of carbonyl (C=O) groups is 2. The van der Waals surface area contributed by atoms with Gasteiger partial charge in [0.2, 0.25) is 11.8 Å². The Morgan fingerprint density at radius 3 is 1.32 bits per heavy atom. The Morgan fingerprint density at radius 1 is 0.568 bits per heavy atom. The van der Waals surface area contributed by atoms with Gasteiger partial charge in [-0.3, -0.25) is 9.59 Å². The molecular weight excluding hydrogens is 1150 g/mol. The van der Waals surface area contributed by atoms with Gasteiger partial charge in [-0.25, -0.2) is 38.7 Å². The van der Waals surface area contributed by atoms with Gasteiger partial charge in [-0.2, -0.15) is 26.3 Å². The Labute approximate surface area is 503 Å². The molecule has 2 aliphatic heterocycles. The van der Waals surface area contributed by atoms with E-state index in [1.54, 1.807) is 76.7 Å². The second-order valence-corrected chi connectivity index (χ2v) is 21.5. The van der Waals surface area contributed by atoms with Crippen molar-refractivity contribution in [3.63, 3.8) is 0 Å². The number of alkyl halides is 6. The number of nitrogens with zero attached hydrogens (tertiary/aromatic N) is 10. The summed E-state index contributed by atoms with van der Waals surface area (Å²) in [7, 11) is 7.47. The maximum atomic E-state index is 15.2. The molecule has 88 heavy (non-hydrogen) atoms. The third-order valence-electron chi connectivity index (χ3n) is 15.3. The number of likely N-dealkylation sites (N-methyl/N-ethyl adjacent to an activating group) is 4. The molecule has 4 aromatic carbocycles. The third-order valence-corrected chi connectivity index (χ3v) is 15.3. The summed E-state index contributed by atoms with van der Waals surface area (Å²) in [5.41, 5.74) is 1.03. The highest BCUT2D eigenvalue weighted by Crippen LogP contribution is 2.41. The van der Waals surface area contributed by atoms with Crippen LogP contribution in [0.1, 0.15) is 81.3 Å². The van der Waals surface area contributed by atoms with Gasteiger partial charge in [0.05, 0.1) is 67.5 Å². The summed E-state index contributed by atoms with van der Waals surface area (Å²) in [6, 6.07) is 21.5. The van der Waals surface area contributed by atoms with E-state index >= 15 is 8.78 Å². The zero-order valence-corrected chi connectivity index (χ0v) is 49.5.